The number of rotatable bonds is 6. The van der Waals surface area contributed by atoms with E-state index in [0.29, 0.717) is 30.2 Å². The molecule has 1 N–H and O–H groups in total. The van der Waals surface area contributed by atoms with Crippen molar-refractivity contribution >= 4 is 11.6 Å². The minimum Gasteiger partial charge on any atom is -0.497 e. The lowest BCUT2D eigenvalue weighted by molar-refractivity contribution is -0.141. The Balaban J connectivity index is 1.60. The Labute approximate surface area is 184 Å². The van der Waals surface area contributed by atoms with Gasteiger partial charge in [0.2, 0.25) is 5.95 Å². The Morgan fingerprint density at radius 1 is 1.03 bits per heavy atom. The second-order valence-electron chi connectivity index (χ2n) is 7.40. The standard InChI is InChI=1S/C23H23F3N4O2/c1-31-19-7-5-17(6-8-19)20-14-21(23(24,25)26)29-22(28-20)27-18-4-2-3-16(13-18)15-30-9-11-32-12-10-30/h2-8,13-14H,9-12,15H2,1H3,(H,27,28,29). The number of nitrogens with zero attached hydrogens (tertiary/aromatic N) is 3. The molecule has 0 atom stereocenters. The van der Waals surface area contributed by atoms with Gasteiger partial charge < -0.3 is 14.8 Å². The van der Waals surface area contributed by atoms with Gasteiger partial charge in [0, 0.05) is 30.9 Å². The van der Waals surface area contributed by atoms with Gasteiger partial charge >= 0.3 is 6.18 Å². The number of morpholine rings is 1. The van der Waals surface area contributed by atoms with E-state index in [2.05, 4.69) is 20.2 Å². The van der Waals surface area contributed by atoms with Gasteiger partial charge in [-0.25, -0.2) is 9.97 Å². The number of anilines is 2. The van der Waals surface area contributed by atoms with Crippen LogP contribution in [0, 0.1) is 0 Å². The van der Waals surface area contributed by atoms with Gasteiger partial charge in [0.1, 0.15) is 5.75 Å². The number of methoxy groups -OCH3 is 1. The molecule has 0 radical (unpaired) electrons. The summed E-state index contributed by atoms with van der Waals surface area (Å²) in [6.07, 6.45) is -4.60. The molecule has 0 unspecified atom stereocenters. The van der Waals surface area contributed by atoms with Gasteiger partial charge in [0.05, 0.1) is 26.0 Å². The van der Waals surface area contributed by atoms with Crippen molar-refractivity contribution in [1.29, 1.82) is 0 Å². The highest BCUT2D eigenvalue weighted by atomic mass is 19.4. The van der Waals surface area contributed by atoms with Gasteiger partial charge in [0.15, 0.2) is 5.69 Å². The summed E-state index contributed by atoms with van der Waals surface area (Å²) in [6, 6.07) is 15.1. The summed E-state index contributed by atoms with van der Waals surface area (Å²) < 4.78 is 51.0. The highest BCUT2D eigenvalue weighted by Crippen LogP contribution is 2.32. The second kappa shape index (κ2) is 9.54. The van der Waals surface area contributed by atoms with E-state index in [1.54, 1.807) is 30.3 Å². The van der Waals surface area contributed by atoms with E-state index >= 15 is 0 Å². The van der Waals surface area contributed by atoms with Crippen molar-refractivity contribution in [1.82, 2.24) is 14.9 Å². The topological polar surface area (TPSA) is 59.5 Å². The molecule has 1 fully saturated rings. The van der Waals surface area contributed by atoms with Crippen LogP contribution >= 0.6 is 0 Å². The lowest BCUT2D eigenvalue weighted by atomic mass is 10.1. The predicted octanol–water partition coefficient (Wildman–Crippen LogP) is 4.75. The quantitative estimate of drug-likeness (QED) is 0.592. The molecular formula is C23H23F3N4O2. The van der Waals surface area contributed by atoms with E-state index in [9.17, 15) is 13.2 Å². The molecule has 6 nitrogen and oxygen atoms in total. The maximum atomic E-state index is 13.5. The Hall–Kier alpha value is -3.17. The highest BCUT2D eigenvalue weighted by molar-refractivity contribution is 5.64. The van der Waals surface area contributed by atoms with Crippen molar-refractivity contribution in [3.8, 4) is 17.0 Å². The zero-order chi connectivity index (χ0) is 22.6. The SMILES string of the molecule is COc1ccc(-c2cc(C(F)(F)F)nc(Nc3cccc(CN4CCOCC4)c3)n2)cc1. The molecule has 2 aromatic carbocycles. The van der Waals surface area contributed by atoms with Gasteiger partial charge in [-0.3, -0.25) is 4.90 Å². The third kappa shape index (κ3) is 5.54. The normalized spacial score (nSPS) is 14.9. The first-order chi connectivity index (χ1) is 15.4. The van der Waals surface area contributed by atoms with Crippen LogP contribution in [0.25, 0.3) is 11.3 Å². The number of ether oxygens (including phenoxy) is 2. The third-order valence-corrected chi connectivity index (χ3v) is 5.10. The maximum Gasteiger partial charge on any atom is 0.433 e. The second-order valence-corrected chi connectivity index (χ2v) is 7.40. The van der Waals surface area contributed by atoms with Crippen LogP contribution in [0.5, 0.6) is 5.75 Å². The zero-order valence-electron chi connectivity index (χ0n) is 17.5. The monoisotopic (exact) mass is 444 g/mol. The summed E-state index contributed by atoms with van der Waals surface area (Å²) in [4.78, 5) is 10.3. The number of nitrogens with one attached hydrogen (secondary N) is 1. The Bertz CT molecular complexity index is 1050. The van der Waals surface area contributed by atoms with Crippen molar-refractivity contribution in [3.05, 3.63) is 65.9 Å². The van der Waals surface area contributed by atoms with Crippen LogP contribution in [0.15, 0.2) is 54.6 Å². The summed E-state index contributed by atoms with van der Waals surface area (Å²) in [5.74, 6) is 0.489. The molecule has 32 heavy (non-hydrogen) atoms. The molecule has 168 valence electrons. The average Bonchev–Trinajstić information content (AvgIpc) is 2.79. The van der Waals surface area contributed by atoms with Crippen LogP contribution in [0.4, 0.5) is 24.8 Å². The first kappa shape index (κ1) is 22.0. The number of hydrogen-bond acceptors (Lipinski definition) is 6. The Morgan fingerprint density at radius 2 is 1.78 bits per heavy atom. The molecule has 0 bridgehead atoms. The first-order valence-corrected chi connectivity index (χ1v) is 10.2. The molecule has 1 aliphatic rings. The zero-order valence-corrected chi connectivity index (χ0v) is 17.5. The summed E-state index contributed by atoms with van der Waals surface area (Å²) in [6.45, 7) is 3.83. The smallest absolute Gasteiger partial charge is 0.433 e. The minimum atomic E-state index is -4.60. The van der Waals surface area contributed by atoms with Gasteiger partial charge in [-0.05, 0) is 48.0 Å². The number of benzene rings is 2. The fourth-order valence-electron chi connectivity index (χ4n) is 3.45. The molecule has 0 amide bonds. The highest BCUT2D eigenvalue weighted by Gasteiger charge is 2.34. The van der Waals surface area contributed by atoms with E-state index < -0.39 is 11.9 Å². The van der Waals surface area contributed by atoms with Gasteiger partial charge in [-0.1, -0.05) is 12.1 Å². The first-order valence-electron chi connectivity index (χ1n) is 10.2. The minimum absolute atomic E-state index is 0.117. The fourth-order valence-corrected chi connectivity index (χ4v) is 3.45. The van der Waals surface area contributed by atoms with E-state index in [4.69, 9.17) is 9.47 Å². The average molecular weight is 444 g/mol. The largest absolute Gasteiger partial charge is 0.497 e. The van der Waals surface area contributed by atoms with E-state index in [1.165, 1.54) is 7.11 Å². The van der Waals surface area contributed by atoms with Crippen molar-refractivity contribution < 1.29 is 22.6 Å². The summed E-state index contributed by atoms with van der Waals surface area (Å²) in [5.41, 5.74) is 1.35. The maximum absolute atomic E-state index is 13.5. The molecule has 3 aromatic rings. The fraction of sp³-hybridized carbons (Fsp3) is 0.304. The molecule has 1 aliphatic heterocycles. The molecule has 4 rings (SSSR count). The van der Waals surface area contributed by atoms with Crippen LogP contribution < -0.4 is 10.1 Å². The summed E-state index contributed by atoms with van der Waals surface area (Å²) >= 11 is 0. The van der Waals surface area contributed by atoms with Crippen molar-refractivity contribution in [3.63, 3.8) is 0 Å². The van der Waals surface area contributed by atoms with E-state index in [1.807, 2.05) is 18.2 Å². The van der Waals surface area contributed by atoms with Crippen LogP contribution in [0.3, 0.4) is 0 Å². The number of aromatic nitrogens is 2. The molecule has 2 heterocycles. The number of halogens is 3. The van der Waals surface area contributed by atoms with Crippen molar-refractivity contribution in [2.75, 3.05) is 38.7 Å². The summed E-state index contributed by atoms with van der Waals surface area (Å²) in [7, 11) is 1.52. The molecule has 0 spiro atoms. The van der Waals surface area contributed by atoms with Crippen LogP contribution in [-0.2, 0) is 17.5 Å². The van der Waals surface area contributed by atoms with Gasteiger partial charge in [-0.15, -0.1) is 0 Å². The molecule has 0 saturated carbocycles. The van der Waals surface area contributed by atoms with E-state index in [0.717, 1.165) is 31.3 Å². The third-order valence-electron chi connectivity index (χ3n) is 5.10. The Kier molecular flexibility index (Phi) is 6.57. The van der Waals surface area contributed by atoms with Crippen LogP contribution in [0.1, 0.15) is 11.3 Å². The molecule has 1 saturated heterocycles. The number of alkyl halides is 3. The van der Waals surface area contributed by atoms with Gasteiger partial charge in [0.25, 0.3) is 0 Å². The van der Waals surface area contributed by atoms with E-state index in [-0.39, 0.29) is 11.6 Å². The van der Waals surface area contributed by atoms with Crippen LogP contribution in [-0.4, -0.2) is 48.3 Å². The predicted molar refractivity (Wildman–Crippen MR) is 115 cm³/mol. The van der Waals surface area contributed by atoms with Crippen LogP contribution in [0.2, 0.25) is 0 Å². The lowest BCUT2D eigenvalue weighted by Gasteiger charge is -2.26. The van der Waals surface area contributed by atoms with Crippen molar-refractivity contribution in [2.24, 2.45) is 0 Å². The van der Waals surface area contributed by atoms with Gasteiger partial charge in [-0.2, -0.15) is 13.2 Å². The lowest BCUT2D eigenvalue weighted by Crippen LogP contribution is -2.35. The van der Waals surface area contributed by atoms with Crippen molar-refractivity contribution in [2.45, 2.75) is 12.7 Å². The molecule has 1 aromatic heterocycles. The number of hydrogen-bond donors (Lipinski definition) is 1. The molecule has 0 aliphatic carbocycles. The molecular weight excluding hydrogens is 421 g/mol. The molecule has 9 heteroatoms. The Morgan fingerprint density at radius 3 is 2.47 bits per heavy atom. The summed E-state index contributed by atoms with van der Waals surface area (Å²) in [5, 5.41) is 2.94.